The minimum absolute atomic E-state index is 0.0461. The van der Waals surface area contributed by atoms with Crippen molar-refractivity contribution in [3.8, 4) is 0 Å². The van der Waals surface area contributed by atoms with Crippen LogP contribution in [0.3, 0.4) is 0 Å². The van der Waals surface area contributed by atoms with Crippen LogP contribution in [0.1, 0.15) is 98.3 Å². The number of rotatable bonds is 12. The van der Waals surface area contributed by atoms with Crippen LogP contribution in [0.15, 0.2) is 11.6 Å². The number of aliphatic hydroxyl groups excluding tert-OH is 8. The van der Waals surface area contributed by atoms with Crippen molar-refractivity contribution in [2.24, 2.45) is 34.5 Å². The maximum Gasteiger partial charge on any atom is 0.331 e. The lowest BCUT2D eigenvalue weighted by atomic mass is 9.43. The van der Waals surface area contributed by atoms with Crippen molar-refractivity contribution in [1.29, 1.82) is 0 Å². The molecule has 0 amide bonds. The monoisotopic (exact) mass is 972 g/mol. The summed E-state index contributed by atoms with van der Waals surface area (Å²) < 4.78 is 58.7. The summed E-state index contributed by atoms with van der Waals surface area (Å²) in [6.45, 7) is 7.09. The molecule has 4 aliphatic carbocycles. The normalized spacial score (nSPS) is 54.1. The van der Waals surface area contributed by atoms with Crippen molar-refractivity contribution in [2.45, 2.75) is 221 Å². The molecule has 0 aromatic carbocycles. The van der Waals surface area contributed by atoms with Crippen molar-refractivity contribution >= 4 is 5.97 Å². The predicted octanol–water partition coefficient (Wildman–Crippen LogP) is -0.331. The SMILES string of the molecule is CO[C@H]1CC(O[C@H]2[C@@H](O)CC(O[C@H]3[C@H](O)[C@@H](O)C(OC[C@H]4OC(O[C@H]5CC[C@@]6(C)[C@H](CC[C@@H]7[C@@H]6CC[C@]6(C)[C@@H](C8=CC(=O)OC8)CC[C@]76O)C5)[C@H](O)[C@@H](O)[C@@H]4O)O[C@@H]3CO)O[C@@H]2C)O[C@H](C)[C@H]1O. The molecule has 8 fully saturated rings. The van der Waals surface area contributed by atoms with Crippen LogP contribution in [0, 0.1) is 34.5 Å². The summed E-state index contributed by atoms with van der Waals surface area (Å²) >= 11 is 0. The van der Waals surface area contributed by atoms with Gasteiger partial charge in [-0.15, -0.1) is 0 Å². The number of fused-ring (bicyclic) bond motifs is 5. The van der Waals surface area contributed by atoms with Crippen LogP contribution in [-0.2, 0) is 52.2 Å². The maximum absolute atomic E-state index is 12.6. The third kappa shape index (κ3) is 9.16. The Morgan fingerprint density at radius 3 is 2.10 bits per heavy atom. The van der Waals surface area contributed by atoms with E-state index in [2.05, 4.69) is 13.8 Å². The van der Waals surface area contributed by atoms with E-state index < -0.39 is 129 Å². The van der Waals surface area contributed by atoms with Crippen molar-refractivity contribution in [3.63, 3.8) is 0 Å². The van der Waals surface area contributed by atoms with Gasteiger partial charge in [0.05, 0.1) is 49.3 Å². The smallest absolute Gasteiger partial charge is 0.331 e. The Morgan fingerprint density at radius 1 is 0.691 bits per heavy atom. The van der Waals surface area contributed by atoms with Gasteiger partial charge in [-0.2, -0.15) is 0 Å². The summed E-state index contributed by atoms with van der Waals surface area (Å²) in [5, 5.41) is 99.9. The Hall–Kier alpha value is -1.51. The molecular weight excluding hydrogens is 897 g/mol. The Morgan fingerprint density at radius 2 is 1.40 bits per heavy atom. The van der Waals surface area contributed by atoms with Gasteiger partial charge in [0.15, 0.2) is 25.2 Å². The average molecular weight is 973 g/mol. The van der Waals surface area contributed by atoms with Gasteiger partial charge in [-0.1, -0.05) is 13.8 Å². The molecular formula is C48H76O20. The molecule has 9 N–H and O–H groups in total. The van der Waals surface area contributed by atoms with Crippen LogP contribution in [0.25, 0.3) is 0 Å². The van der Waals surface area contributed by atoms with Crippen molar-refractivity contribution in [3.05, 3.63) is 11.6 Å². The molecule has 0 radical (unpaired) electrons. The zero-order chi connectivity index (χ0) is 48.6. The van der Waals surface area contributed by atoms with Gasteiger partial charge in [0, 0.05) is 31.4 Å². The summed E-state index contributed by atoms with van der Waals surface area (Å²) in [4.78, 5) is 12.0. The summed E-state index contributed by atoms with van der Waals surface area (Å²) in [6.07, 6.45) is -12.7. The topological polar surface area (TPSA) is 291 Å². The molecule has 68 heavy (non-hydrogen) atoms. The highest BCUT2D eigenvalue weighted by Gasteiger charge is 2.68. The lowest BCUT2D eigenvalue weighted by molar-refractivity contribution is -0.358. The number of esters is 1. The van der Waals surface area contributed by atoms with Gasteiger partial charge in [0.25, 0.3) is 0 Å². The largest absolute Gasteiger partial charge is 0.458 e. The van der Waals surface area contributed by atoms with E-state index in [1.807, 2.05) is 0 Å². The molecule has 4 saturated carbocycles. The fourth-order valence-electron chi connectivity index (χ4n) is 14.4. The zero-order valence-electron chi connectivity index (χ0n) is 39.8. The number of hydrogen-bond acceptors (Lipinski definition) is 20. The average Bonchev–Trinajstić information content (AvgIpc) is 3.86. The molecule has 9 rings (SSSR count). The molecule has 4 unspecified atom stereocenters. The summed E-state index contributed by atoms with van der Waals surface area (Å²) in [5.41, 5.74) is -0.210. The van der Waals surface area contributed by atoms with Crippen LogP contribution >= 0.6 is 0 Å². The number of carbonyl (C=O) groups excluding carboxylic acids is 1. The van der Waals surface area contributed by atoms with E-state index in [9.17, 15) is 50.8 Å². The molecule has 5 heterocycles. The predicted molar refractivity (Wildman–Crippen MR) is 231 cm³/mol. The van der Waals surface area contributed by atoms with Crippen molar-refractivity contribution in [2.75, 3.05) is 26.9 Å². The Balaban J connectivity index is 0.768. The highest BCUT2D eigenvalue weighted by Crippen LogP contribution is 2.70. The van der Waals surface area contributed by atoms with Crippen LogP contribution in [-0.4, -0.2) is 201 Å². The highest BCUT2D eigenvalue weighted by molar-refractivity contribution is 5.85. The van der Waals surface area contributed by atoms with E-state index in [1.165, 1.54) is 7.11 Å². The third-order valence-electron chi connectivity index (χ3n) is 18.4. The van der Waals surface area contributed by atoms with Gasteiger partial charge in [0.1, 0.15) is 67.6 Å². The second kappa shape index (κ2) is 20.1. The number of hydrogen-bond donors (Lipinski definition) is 9. The molecule has 20 heteroatoms. The van der Waals surface area contributed by atoms with E-state index >= 15 is 0 Å². The Kier molecular flexibility index (Phi) is 15.2. The first-order valence-electron chi connectivity index (χ1n) is 25.0. The summed E-state index contributed by atoms with van der Waals surface area (Å²) in [6, 6.07) is 0. The standard InChI is InChI=1S/C48H76O20/c1-21-36(52)30(59-5)17-35(62-21)67-42-22(2)63-34(16-29(42)50)68-43-31(18-49)65-44(41(57)39(43)55)61-20-32-37(53)38(54)40(56)45(66-32)64-25-8-11-46(3)24(15-25)6-7-28-27(46)9-12-47(4)26(10-13-48(28,47)58)23-14-33(51)60-19-23/h14,21-22,24-32,34-45,49-50,52-58H,6-13,15-20H2,1-5H3/t21-,22-,24-,25+,26-,27+,28-,29+,30+,31-,32-,34?,35?,36-,37-,38+,39-,40-,41-,42-,43-,44?,45?,46+,47-,48+/m1/s1. The van der Waals surface area contributed by atoms with E-state index in [0.29, 0.717) is 31.8 Å². The first kappa shape index (κ1) is 51.4. The highest BCUT2D eigenvalue weighted by atomic mass is 16.8. The fraction of sp³-hybridized carbons (Fsp3) is 0.938. The first-order valence-corrected chi connectivity index (χ1v) is 25.0. The van der Waals surface area contributed by atoms with E-state index in [-0.39, 0.29) is 53.5 Å². The number of cyclic esters (lactones) is 1. The number of methoxy groups -OCH3 is 1. The van der Waals surface area contributed by atoms with Crippen molar-refractivity contribution < 1.29 is 98.1 Å². The minimum atomic E-state index is -1.73. The second-order valence-corrected chi connectivity index (χ2v) is 21.9. The molecule has 0 aromatic rings. The summed E-state index contributed by atoms with van der Waals surface area (Å²) in [7, 11) is 1.48. The molecule has 5 aliphatic heterocycles. The fourth-order valence-corrected chi connectivity index (χ4v) is 14.4. The molecule has 388 valence electrons. The third-order valence-corrected chi connectivity index (χ3v) is 18.4. The van der Waals surface area contributed by atoms with Crippen LogP contribution in [0.4, 0.5) is 0 Å². The quantitative estimate of drug-likeness (QED) is 0.0894. The number of aliphatic hydroxyl groups is 9. The minimum Gasteiger partial charge on any atom is -0.458 e. The van der Waals surface area contributed by atoms with Gasteiger partial charge in [-0.05, 0) is 106 Å². The first-order chi connectivity index (χ1) is 32.3. The van der Waals surface area contributed by atoms with Gasteiger partial charge in [0.2, 0.25) is 0 Å². The van der Waals surface area contributed by atoms with Gasteiger partial charge in [-0.25, -0.2) is 4.79 Å². The molecule has 0 bridgehead atoms. The van der Waals surface area contributed by atoms with E-state index in [1.54, 1.807) is 19.9 Å². The van der Waals surface area contributed by atoms with Crippen molar-refractivity contribution in [1.82, 2.24) is 0 Å². The van der Waals surface area contributed by atoms with Gasteiger partial charge < -0.3 is 93.3 Å². The lowest BCUT2D eigenvalue weighted by Gasteiger charge is -2.64. The Labute approximate surface area is 397 Å². The second-order valence-electron chi connectivity index (χ2n) is 21.9. The van der Waals surface area contributed by atoms with Gasteiger partial charge in [-0.3, -0.25) is 0 Å². The molecule has 0 spiro atoms. The van der Waals surface area contributed by atoms with Crippen LogP contribution < -0.4 is 0 Å². The molecule has 26 atom stereocenters. The Bertz CT molecular complexity index is 1780. The van der Waals surface area contributed by atoms with Gasteiger partial charge >= 0.3 is 5.97 Å². The van der Waals surface area contributed by atoms with Crippen LogP contribution in [0.5, 0.6) is 0 Å². The molecule has 4 saturated heterocycles. The van der Waals surface area contributed by atoms with E-state index in [4.69, 9.17) is 47.4 Å². The molecule has 20 nitrogen and oxygen atoms in total. The molecule has 9 aliphatic rings. The number of ether oxygens (including phenoxy) is 10. The lowest BCUT2D eigenvalue weighted by Crippen LogP contribution is -2.63. The zero-order valence-corrected chi connectivity index (χ0v) is 39.8. The van der Waals surface area contributed by atoms with Crippen LogP contribution in [0.2, 0.25) is 0 Å². The number of carbonyl (C=O) groups is 1. The van der Waals surface area contributed by atoms with E-state index in [0.717, 1.165) is 44.1 Å². The maximum atomic E-state index is 12.6. The molecule has 0 aromatic heterocycles. The summed E-state index contributed by atoms with van der Waals surface area (Å²) in [5.74, 6) is 0.547.